The van der Waals surface area contributed by atoms with Crippen LogP contribution in [0.25, 0.3) is 10.9 Å². The lowest BCUT2D eigenvalue weighted by Gasteiger charge is -2.46. The number of ether oxygens (including phenoxy) is 3. The van der Waals surface area contributed by atoms with Crippen molar-refractivity contribution in [1.82, 2.24) is 19.4 Å². The monoisotopic (exact) mass is 544 g/mol. The quantitative estimate of drug-likeness (QED) is 0.466. The number of aromatic nitrogens is 2. The molecule has 4 saturated heterocycles. The molecule has 0 saturated carbocycles. The summed E-state index contributed by atoms with van der Waals surface area (Å²) in [6, 6.07) is 4.02. The van der Waals surface area contributed by atoms with E-state index in [0.29, 0.717) is 11.1 Å². The number of carbonyl (C=O) groups is 1. The van der Waals surface area contributed by atoms with Gasteiger partial charge in [-0.3, -0.25) is 4.90 Å². The van der Waals surface area contributed by atoms with Gasteiger partial charge in [0.1, 0.15) is 16.9 Å². The third-order valence-electron chi connectivity index (χ3n) is 9.04. The van der Waals surface area contributed by atoms with Crippen LogP contribution in [0.3, 0.4) is 0 Å². The van der Waals surface area contributed by atoms with Crippen LogP contribution < -0.4 is 0 Å². The Morgan fingerprint density at radius 2 is 1.95 bits per heavy atom. The van der Waals surface area contributed by atoms with Crippen molar-refractivity contribution >= 4 is 28.6 Å². The van der Waals surface area contributed by atoms with E-state index in [2.05, 4.69) is 34.5 Å². The minimum Gasteiger partial charge on any atom is -0.444 e. The van der Waals surface area contributed by atoms with Crippen molar-refractivity contribution in [1.29, 1.82) is 0 Å². The lowest BCUT2D eigenvalue weighted by molar-refractivity contribution is -0.108. The van der Waals surface area contributed by atoms with E-state index in [-0.39, 0.29) is 35.7 Å². The van der Waals surface area contributed by atoms with Gasteiger partial charge in [-0.1, -0.05) is 11.6 Å². The highest BCUT2D eigenvalue weighted by Gasteiger charge is 2.56. The predicted octanol–water partition coefficient (Wildman–Crippen LogP) is 5.64. The molecule has 208 valence electrons. The zero-order valence-corrected chi connectivity index (χ0v) is 24.0. The summed E-state index contributed by atoms with van der Waals surface area (Å²) in [7, 11) is 0. The van der Waals surface area contributed by atoms with E-state index in [4.69, 9.17) is 25.8 Å². The third-order valence-corrected chi connectivity index (χ3v) is 9.34. The van der Waals surface area contributed by atoms with Crippen LogP contribution >= 0.6 is 11.6 Å². The summed E-state index contributed by atoms with van der Waals surface area (Å²) in [5, 5.41) is 1.45. The van der Waals surface area contributed by atoms with Gasteiger partial charge in [-0.25, -0.2) is 9.78 Å². The predicted molar refractivity (Wildman–Crippen MR) is 146 cm³/mol. The van der Waals surface area contributed by atoms with Crippen LogP contribution in [-0.2, 0) is 14.2 Å². The van der Waals surface area contributed by atoms with Crippen LogP contribution in [0.1, 0.15) is 73.0 Å². The Hall–Kier alpha value is -1.87. The number of rotatable bonds is 3. The van der Waals surface area contributed by atoms with Gasteiger partial charge in [0.05, 0.1) is 17.2 Å². The number of hydrogen-bond donors (Lipinski definition) is 0. The number of piperidine rings is 1. The van der Waals surface area contributed by atoms with E-state index in [1.165, 1.54) is 12.8 Å². The van der Waals surface area contributed by atoms with Gasteiger partial charge in [0, 0.05) is 48.9 Å². The van der Waals surface area contributed by atoms with Crippen LogP contribution in [0.15, 0.2) is 24.5 Å². The van der Waals surface area contributed by atoms with Crippen molar-refractivity contribution in [2.75, 3.05) is 26.2 Å². The standard InChI is InChI=1S/C29H41ClN4O4/c1-27(2,3)38-26(35)32-15-10-29(11-16-32)9-6-13-33(29)18-22-20-17-28(4,5)37-23(20)25(36-22)34-14-8-19-21(34)7-12-31-24(19)30/h7-8,12,14,20,22-23,25H,6,9-11,13,15-18H2,1-5H3/t20-,22-,23-,25-/m1/s1. The molecule has 1 spiro atoms. The number of hydrogen-bond acceptors (Lipinski definition) is 6. The zero-order chi connectivity index (χ0) is 26.9. The second kappa shape index (κ2) is 9.36. The SMILES string of the molecule is CC(C)(C)OC(=O)N1CCC2(CCCN2C[C@H]2O[C@@H](n3ccc4c(Cl)nccc43)[C@@H]3OC(C)(C)C[C@@H]32)CC1. The summed E-state index contributed by atoms with van der Waals surface area (Å²) in [5.74, 6) is 0.323. The maximum absolute atomic E-state index is 12.7. The molecule has 8 nitrogen and oxygen atoms in total. The number of pyridine rings is 1. The highest BCUT2D eigenvalue weighted by molar-refractivity contribution is 6.34. The average Bonchev–Trinajstić information content (AvgIpc) is 3.57. The second-order valence-electron chi connectivity index (χ2n) is 13.3. The molecular formula is C29H41ClN4O4. The molecule has 0 radical (unpaired) electrons. The summed E-state index contributed by atoms with van der Waals surface area (Å²) >= 11 is 6.38. The zero-order valence-electron chi connectivity index (χ0n) is 23.3. The minimum atomic E-state index is -0.470. The Morgan fingerprint density at radius 3 is 2.68 bits per heavy atom. The first-order valence-corrected chi connectivity index (χ1v) is 14.5. The van der Waals surface area contributed by atoms with Crippen molar-refractivity contribution in [3.63, 3.8) is 0 Å². The molecule has 4 aliphatic rings. The number of nitrogens with zero attached hydrogens (tertiary/aromatic N) is 4. The molecule has 0 N–H and O–H groups in total. The molecule has 4 aliphatic heterocycles. The first-order chi connectivity index (χ1) is 17.9. The molecule has 0 aliphatic carbocycles. The van der Waals surface area contributed by atoms with Gasteiger partial charge in [0.25, 0.3) is 0 Å². The van der Waals surface area contributed by atoms with Crippen molar-refractivity contribution < 1.29 is 19.0 Å². The topological polar surface area (TPSA) is 69.1 Å². The number of likely N-dealkylation sites (tertiary alicyclic amines) is 2. The Labute approximate surface area is 230 Å². The van der Waals surface area contributed by atoms with Crippen LogP contribution in [0.4, 0.5) is 4.79 Å². The van der Waals surface area contributed by atoms with Gasteiger partial charge >= 0.3 is 6.09 Å². The molecule has 38 heavy (non-hydrogen) atoms. The number of amides is 1. The van der Waals surface area contributed by atoms with Crippen molar-refractivity contribution in [3.8, 4) is 0 Å². The maximum atomic E-state index is 12.7. The van der Waals surface area contributed by atoms with E-state index >= 15 is 0 Å². The molecule has 0 aromatic carbocycles. The molecule has 9 heteroatoms. The fraction of sp³-hybridized carbons (Fsp3) is 0.724. The normalized spacial score (nSPS) is 30.8. The Morgan fingerprint density at radius 1 is 1.18 bits per heavy atom. The van der Waals surface area contributed by atoms with Crippen molar-refractivity contribution in [3.05, 3.63) is 29.7 Å². The van der Waals surface area contributed by atoms with Crippen LogP contribution in [0.2, 0.25) is 5.15 Å². The summed E-state index contributed by atoms with van der Waals surface area (Å²) in [6.45, 7) is 13.6. The molecule has 0 bridgehead atoms. The first-order valence-electron chi connectivity index (χ1n) is 14.1. The Kier molecular flexibility index (Phi) is 6.49. The van der Waals surface area contributed by atoms with Gasteiger partial charge in [-0.05, 0) is 85.4 Å². The van der Waals surface area contributed by atoms with E-state index in [1.807, 2.05) is 37.8 Å². The molecule has 2 aromatic heterocycles. The fourth-order valence-corrected chi connectivity index (χ4v) is 7.55. The molecule has 4 atom stereocenters. The molecular weight excluding hydrogens is 504 g/mol. The van der Waals surface area contributed by atoms with Gasteiger partial charge < -0.3 is 23.7 Å². The summed E-state index contributed by atoms with van der Waals surface area (Å²) < 4.78 is 21.3. The summed E-state index contributed by atoms with van der Waals surface area (Å²) in [4.78, 5) is 21.5. The second-order valence-corrected chi connectivity index (χ2v) is 13.6. The highest BCUT2D eigenvalue weighted by Crippen LogP contribution is 2.50. The van der Waals surface area contributed by atoms with Crippen molar-refractivity contribution in [2.45, 2.75) is 102 Å². The molecule has 6 heterocycles. The molecule has 1 amide bonds. The smallest absolute Gasteiger partial charge is 0.410 e. The first kappa shape index (κ1) is 26.4. The van der Waals surface area contributed by atoms with Gasteiger partial charge in [0.15, 0.2) is 6.23 Å². The minimum absolute atomic E-state index is 0.00916. The number of halogens is 1. The van der Waals surface area contributed by atoms with Crippen molar-refractivity contribution in [2.24, 2.45) is 5.92 Å². The lowest BCUT2D eigenvalue weighted by Crippen LogP contribution is -2.55. The summed E-state index contributed by atoms with van der Waals surface area (Å²) in [5.41, 5.74) is 0.501. The van der Waals surface area contributed by atoms with Crippen LogP contribution in [0.5, 0.6) is 0 Å². The maximum Gasteiger partial charge on any atom is 0.410 e. The van der Waals surface area contributed by atoms with Gasteiger partial charge in [-0.2, -0.15) is 0 Å². The fourth-order valence-electron chi connectivity index (χ4n) is 7.33. The largest absolute Gasteiger partial charge is 0.444 e. The lowest BCUT2D eigenvalue weighted by atomic mass is 9.84. The van der Waals surface area contributed by atoms with E-state index < -0.39 is 5.60 Å². The van der Waals surface area contributed by atoms with E-state index in [1.54, 1.807) is 6.20 Å². The highest BCUT2D eigenvalue weighted by atomic mass is 35.5. The average molecular weight is 545 g/mol. The number of fused-ring (bicyclic) bond motifs is 2. The molecule has 6 rings (SSSR count). The van der Waals surface area contributed by atoms with Crippen LogP contribution in [0, 0.1) is 5.92 Å². The third kappa shape index (κ3) is 4.72. The van der Waals surface area contributed by atoms with Gasteiger partial charge in [-0.15, -0.1) is 0 Å². The number of carbonyl (C=O) groups excluding carboxylic acids is 1. The summed E-state index contributed by atoms with van der Waals surface area (Å²) in [6.07, 6.45) is 8.79. The Bertz CT molecular complexity index is 1200. The van der Waals surface area contributed by atoms with Crippen LogP contribution in [-0.4, -0.2) is 80.6 Å². The van der Waals surface area contributed by atoms with E-state index in [9.17, 15) is 4.79 Å². The van der Waals surface area contributed by atoms with E-state index in [0.717, 1.165) is 56.3 Å². The Balaban J connectivity index is 1.19. The molecule has 0 unspecified atom stereocenters. The molecule has 4 fully saturated rings. The van der Waals surface area contributed by atoms with Gasteiger partial charge in [0.2, 0.25) is 0 Å². The molecule has 2 aromatic rings.